The Kier molecular flexibility index (Phi) is 4.62. The van der Waals surface area contributed by atoms with E-state index in [9.17, 15) is 9.90 Å². The first-order chi connectivity index (χ1) is 16.4. The first-order valence-corrected chi connectivity index (χ1v) is 13.6. The smallest absolute Gasteiger partial charge is 0.314 e. The van der Waals surface area contributed by atoms with Gasteiger partial charge in [0, 0.05) is 18.2 Å². The van der Waals surface area contributed by atoms with Gasteiger partial charge in [0.15, 0.2) is 11.5 Å². The highest BCUT2D eigenvalue weighted by Gasteiger charge is 2.72. The van der Waals surface area contributed by atoms with Crippen LogP contribution in [0.3, 0.4) is 0 Å². The number of carbonyl (C=O) groups is 1. The zero-order valence-electron chi connectivity index (χ0n) is 20.4. The lowest BCUT2D eigenvalue weighted by Gasteiger charge is -2.63. The van der Waals surface area contributed by atoms with E-state index in [1.165, 1.54) is 31.2 Å². The number of esters is 1. The number of likely N-dealkylation sites (tertiary alicyclic amines) is 1. The largest absolute Gasteiger partial charge is 0.481 e. The van der Waals surface area contributed by atoms with Crippen LogP contribution in [0.4, 0.5) is 0 Å². The summed E-state index contributed by atoms with van der Waals surface area (Å²) in [4.78, 5) is 15.7. The van der Waals surface area contributed by atoms with Crippen molar-refractivity contribution >= 4 is 5.97 Å². The Labute approximate surface area is 202 Å². The third-order valence-corrected chi connectivity index (χ3v) is 10.4. The minimum Gasteiger partial charge on any atom is -0.481 e. The Morgan fingerprint density at radius 1 is 1.26 bits per heavy atom. The maximum absolute atomic E-state index is 13.1. The van der Waals surface area contributed by atoms with Crippen LogP contribution in [0.25, 0.3) is 0 Å². The molecule has 2 unspecified atom stereocenters. The van der Waals surface area contributed by atoms with Gasteiger partial charge in [-0.05, 0) is 87.0 Å². The number of aliphatic hydroxyl groups is 1. The number of hydrogen-bond donors (Lipinski definition) is 1. The minimum atomic E-state index is -0.829. The second-order valence-electron chi connectivity index (χ2n) is 12.1. The molecule has 7 rings (SSSR count). The highest BCUT2D eigenvalue weighted by molar-refractivity contribution is 5.77. The number of rotatable bonds is 5. The monoisotopic (exact) mass is 463 g/mol. The Morgan fingerprint density at radius 2 is 2.06 bits per heavy atom. The van der Waals surface area contributed by atoms with Crippen LogP contribution in [0, 0.1) is 17.8 Å². The average Bonchev–Trinajstić information content (AvgIpc) is 3.32. The van der Waals surface area contributed by atoms with Crippen molar-refractivity contribution in [2.45, 2.75) is 94.3 Å². The zero-order valence-corrected chi connectivity index (χ0v) is 20.4. The molecule has 6 aliphatic rings. The maximum Gasteiger partial charge on any atom is 0.314 e. The van der Waals surface area contributed by atoms with E-state index >= 15 is 0 Å². The number of piperidine rings is 1. The number of nitrogens with zero attached hydrogens (tertiary/aromatic N) is 1. The molecule has 1 saturated heterocycles. The molecule has 2 heterocycles. The molecule has 182 valence electrons. The standard InChI is InChI=1S/C29H37NO4/c1-17-11-12-29(32)23-15-21-9-10-22(33-27(31)18(2)20-5-3-4-6-20)25-24(21)28(29,26(17)34-25)13-14-30(23)16-19-7-8-19/h9-10,18-20,23,26,32H,1,3-8,11-16H2,2H3/t18?,23?,26-,28-,29+/m0/s1. The molecule has 5 nitrogen and oxygen atoms in total. The summed E-state index contributed by atoms with van der Waals surface area (Å²) in [6.07, 6.45) is 10.3. The van der Waals surface area contributed by atoms with E-state index in [0.29, 0.717) is 17.4 Å². The Hall–Kier alpha value is -1.85. The molecular weight excluding hydrogens is 426 g/mol. The second kappa shape index (κ2) is 7.33. The molecule has 0 radical (unpaired) electrons. The van der Waals surface area contributed by atoms with Crippen molar-refractivity contribution < 1.29 is 19.4 Å². The van der Waals surface area contributed by atoms with Crippen LogP contribution in [0.1, 0.15) is 75.8 Å². The zero-order chi connectivity index (χ0) is 23.2. The lowest BCUT2D eigenvalue weighted by Crippen LogP contribution is -2.75. The highest BCUT2D eigenvalue weighted by Crippen LogP contribution is 2.66. The van der Waals surface area contributed by atoms with Crippen LogP contribution in [0.5, 0.6) is 11.5 Å². The van der Waals surface area contributed by atoms with Gasteiger partial charge in [-0.1, -0.05) is 32.4 Å². The molecule has 1 N–H and O–H groups in total. The molecule has 0 amide bonds. The lowest BCUT2D eigenvalue weighted by atomic mass is 9.48. The van der Waals surface area contributed by atoms with Crippen molar-refractivity contribution in [3.63, 3.8) is 0 Å². The van der Waals surface area contributed by atoms with E-state index < -0.39 is 11.0 Å². The van der Waals surface area contributed by atoms with Crippen molar-refractivity contribution in [1.82, 2.24) is 4.90 Å². The molecule has 1 aromatic carbocycles. The van der Waals surface area contributed by atoms with Crippen LogP contribution in [-0.2, 0) is 16.6 Å². The third kappa shape index (κ3) is 2.77. The predicted octanol–water partition coefficient (Wildman–Crippen LogP) is 4.54. The molecule has 4 aliphatic carbocycles. The molecule has 3 saturated carbocycles. The summed E-state index contributed by atoms with van der Waals surface area (Å²) < 4.78 is 12.7. The molecule has 5 atom stereocenters. The molecule has 34 heavy (non-hydrogen) atoms. The summed E-state index contributed by atoms with van der Waals surface area (Å²) in [5.74, 6) is 2.20. The van der Waals surface area contributed by atoms with Gasteiger partial charge in [-0.15, -0.1) is 0 Å². The van der Waals surface area contributed by atoms with E-state index in [1.807, 2.05) is 13.0 Å². The van der Waals surface area contributed by atoms with Crippen molar-refractivity contribution in [2.75, 3.05) is 13.1 Å². The first kappa shape index (κ1) is 21.4. The Bertz CT molecular complexity index is 1060. The van der Waals surface area contributed by atoms with Crippen LogP contribution in [0.2, 0.25) is 0 Å². The van der Waals surface area contributed by atoms with E-state index in [-0.39, 0.29) is 24.0 Å². The third-order valence-electron chi connectivity index (χ3n) is 10.4. The van der Waals surface area contributed by atoms with Gasteiger partial charge in [0.1, 0.15) is 6.10 Å². The lowest BCUT2D eigenvalue weighted by molar-refractivity contribution is -0.174. The van der Waals surface area contributed by atoms with Crippen molar-refractivity contribution in [3.8, 4) is 11.5 Å². The first-order valence-electron chi connectivity index (χ1n) is 13.6. The van der Waals surface area contributed by atoms with Crippen molar-refractivity contribution in [1.29, 1.82) is 0 Å². The number of benzene rings is 1. The fourth-order valence-corrected chi connectivity index (χ4v) is 8.31. The number of carbonyl (C=O) groups excluding carboxylic acids is 1. The molecule has 5 heteroatoms. The quantitative estimate of drug-likeness (QED) is 0.395. The maximum atomic E-state index is 13.1. The van der Waals surface area contributed by atoms with Crippen LogP contribution in [-0.4, -0.2) is 46.8 Å². The average molecular weight is 464 g/mol. The number of hydrogen-bond acceptors (Lipinski definition) is 5. The Morgan fingerprint density at radius 3 is 2.82 bits per heavy atom. The van der Waals surface area contributed by atoms with Gasteiger partial charge in [0.2, 0.25) is 0 Å². The van der Waals surface area contributed by atoms with Gasteiger partial charge in [-0.25, -0.2) is 0 Å². The van der Waals surface area contributed by atoms with E-state index in [2.05, 4.69) is 17.5 Å². The van der Waals surface area contributed by atoms with Crippen LogP contribution in [0.15, 0.2) is 24.3 Å². The van der Waals surface area contributed by atoms with Gasteiger partial charge in [-0.2, -0.15) is 0 Å². The fraction of sp³-hybridized carbons (Fsp3) is 0.690. The van der Waals surface area contributed by atoms with Crippen molar-refractivity contribution in [2.24, 2.45) is 17.8 Å². The van der Waals surface area contributed by atoms with Gasteiger partial charge >= 0.3 is 5.97 Å². The normalized spacial score (nSPS) is 37.3. The molecular formula is C29H37NO4. The molecule has 1 spiro atoms. The molecule has 1 aromatic rings. The topological polar surface area (TPSA) is 59.0 Å². The van der Waals surface area contributed by atoms with Gasteiger partial charge in [0.05, 0.1) is 16.9 Å². The summed E-state index contributed by atoms with van der Waals surface area (Å²) in [6, 6.07) is 4.20. The second-order valence-corrected chi connectivity index (χ2v) is 12.1. The van der Waals surface area contributed by atoms with E-state index in [0.717, 1.165) is 68.7 Å². The Balaban J connectivity index is 1.28. The van der Waals surface area contributed by atoms with Gasteiger partial charge in [-0.3, -0.25) is 9.69 Å². The molecule has 4 fully saturated rings. The SMILES string of the molecule is C=C1CC[C@@]2(O)C3Cc4ccc(OC(=O)C(C)C5CCCC5)c5c4[C@@]2(CCN3CC2CC2)[C@H]1O5. The summed E-state index contributed by atoms with van der Waals surface area (Å²) in [5.41, 5.74) is 2.13. The van der Waals surface area contributed by atoms with Gasteiger partial charge in [0.25, 0.3) is 0 Å². The van der Waals surface area contributed by atoms with Crippen LogP contribution < -0.4 is 9.47 Å². The molecule has 2 aliphatic heterocycles. The summed E-state index contributed by atoms with van der Waals surface area (Å²) >= 11 is 0. The van der Waals surface area contributed by atoms with Crippen molar-refractivity contribution in [3.05, 3.63) is 35.4 Å². The summed E-state index contributed by atoms with van der Waals surface area (Å²) in [5, 5.41) is 12.5. The fourth-order valence-electron chi connectivity index (χ4n) is 8.31. The minimum absolute atomic E-state index is 0.102. The van der Waals surface area contributed by atoms with E-state index in [1.54, 1.807) is 0 Å². The van der Waals surface area contributed by atoms with E-state index in [4.69, 9.17) is 9.47 Å². The summed E-state index contributed by atoms with van der Waals surface area (Å²) in [7, 11) is 0. The highest BCUT2D eigenvalue weighted by atomic mass is 16.6. The molecule has 2 bridgehead atoms. The van der Waals surface area contributed by atoms with Gasteiger partial charge < -0.3 is 14.6 Å². The summed E-state index contributed by atoms with van der Waals surface area (Å²) in [6.45, 7) is 8.49. The predicted molar refractivity (Wildman–Crippen MR) is 129 cm³/mol. The molecule has 0 aromatic heterocycles. The van der Waals surface area contributed by atoms with Crippen LogP contribution >= 0.6 is 0 Å². The number of ether oxygens (including phenoxy) is 2.